The Hall–Kier alpha value is -2.66. The number of nitriles is 1. The van der Waals surface area contributed by atoms with Crippen LogP contribution in [0, 0.1) is 11.3 Å². The number of halogens is 2. The average Bonchev–Trinajstić information content (AvgIpc) is 3.26. The Bertz CT molecular complexity index is 1230. The van der Waals surface area contributed by atoms with Gasteiger partial charge in [0.1, 0.15) is 12.7 Å². The van der Waals surface area contributed by atoms with Gasteiger partial charge in [0, 0.05) is 35.7 Å². The van der Waals surface area contributed by atoms with Crippen LogP contribution in [0.3, 0.4) is 0 Å². The summed E-state index contributed by atoms with van der Waals surface area (Å²) in [5, 5.41) is 10.1. The third kappa shape index (κ3) is 4.90. The van der Waals surface area contributed by atoms with Gasteiger partial charge in [-0.2, -0.15) is 5.26 Å². The topological polar surface area (TPSA) is 74.1 Å². The molecule has 1 aliphatic rings. The van der Waals surface area contributed by atoms with Crippen LogP contribution in [-0.4, -0.2) is 28.7 Å². The second-order valence-corrected chi connectivity index (χ2v) is 9.88. The summed E-state index contributed by atoms with van der Waals surface area (Å²) >= 11 is 13.7. The number of rotatable bonds is 8. The van der Waals surface area contributed by atoms with Crippen molar-refractivity contribution in [3.63, 3.8) is 0 Å². The largest absolute Gasteiger partial charge is 0.489 e. The van der Waals surface area contributed by atoms with E-state index in [9.17, 15) is 5.26 Å². The average molecular weight is 514 g/mol. The molecule has 3 aromatic rings. The van der Waals surface area contributed by atoms with Crippen LogP contribution >= 0.6 is 35.1 Å². The van der Waals surface area contributed by atoms with Gasteiger partial charge >= 0.3 is 0 Å². The molecular weight excluding hydrogens is 489 g/mol. The molecule has 34 heavy (non-hydrogen) atoms. The molecule has 9 heteroatoms. The second-order valence-electron chi connectivity index (χ2n) is 8.48. The van der Waals surface area contributed by atoms with Crippen molar-refractivity contribution in [3.8, 4) is 11.8 Å². The Kier molecular flexibility index (Phi) is 7.42. The molecule has 1 aliphatic heterocycles. The van der Waals surface area contributed by atoms with Gasteiger partial charge in [-0.05, 0) is 35.4 Å². The van der Waals surface area contributed by atoms with Crippen molar-refractivity contribution in [1.29, 1.82) is 5.26 Å². The Labute approximate surface area is 214 Å². The molecule has 0 bridgehead atoms. The summed E-state index contributed by atoms with van der Waals surface area (Å²) < 4.78 is 8.68. The van der Waals surface area contributed by atoms with Gasteiger partial charge in [0.15, 0.2) is 5.75 Å². The standard InChI is InChI=1S/C25H25Cl2N5OS/c1-25(2,19-10-16(12-28)23(21(27)11-19)33-9-8-26)18-4-6-20(7-5-18)32-14-17-13-29-24(31-34-3)30-22(17)15-32/h4-7,10-11,13H,8-9,14-15H2,1-3H3,(H,29,30,31). The number of ether oxygens (including phenoxy) is 1. The lowest BCUT2D eigenvalue weighted by Crippen LogP contribution is -2.20. The minimum atomic E-state index is -0.364. The summed E-state index contributed by atoms with van der Waals surface area (Å²) in [4.78, 5) is 11.3. The van der Waals surface area contributed by atoms with Crippen LogP contribution in [-0.2, 0) is 18.5 Å². The van der Waals surface area contributed by atoms with Crippen molar-refractivity contribution in [2.45, 2.75) is 32.4 Å². The number of alkyl halides is 1. The number of hydrogen-bond donors (Lipinski definition) is 1. The minimum absolute atomic E-state index is 0.293. The molecule has 1 aromatic heterocycles. The third-order valence-electron chi connectivity index (χ3n) is 6.01. The van der Waals surface area contributed by atoms with E-state index in [1.807, 2.05) is 24.6 Å². The monoisotopic (exact) mass is 513 g/mol. The zero-order valence-electron chi connectivity index (χ0n) is 19.2. The fraction of sp³-hybridized carbons (Fsp3) is 0.320. The number of benzene rings is 2. The van der Waals surface area contributed by atoms with E-state index in [-0.39, 0.29) is 5.41 Å². The first kappa shape index (κ1) is 24.5. The maximum atomic E-state index is 9.64. The van der Waals surface area contributed by atoms with Crippen LogP contribution in [0.2, 0.25) is 5.02 Å². The highest BCUT2D eigenvalue weighted by Gasteiger charge is 2.27. The molecule has 4 rings (SSSR count). The van der Waals surface area contributed by atoms with Crippen LogP contribution in [0.1, 0.15) is 41.8 Å². The predicted molar refractivity (Wildman–Crippen MR) is 140 cm³/mol. The molecule has 0 fully saturated rings. The summed E-state index contributed by atoms with van der Waals surface area (Å²) in [6, 6.07) is 14.4. The van der Waals surface area contributed by atoms with Gasteiger partial charge in [-0.25, -0.2) is 9.97 Å². The van der Waals surface area contributed by atoms with Crippen molar-refractivity contribution < 1.29 is 4.74 Å². The molecule has 0 spiro atoms. The Morgan fingerprint density at radius 3 is 2.65 bits per heavy atom. The minimum Gasteiger partial charge on any atom is -0.489 e. The molecule has 0 saturated heterocycles. The first-order chi connectivity index (χ1) is 16.4. The van der Waals surface area contributed by atoms with E-state index >= 15 is 0 Å². The highest BCUT2D eigenvalue weighted by Crippen LogP contribution is 2.39. The lowest BCUT2D eigenvalue weighted by atomic mass is 9.77. The number of nitrogens with one attached hydrogen (secondary N) is 1. The number of hydrogen-bond acceptors (Lipinski definition) is 7. The zero-order chi connectivity index (χ0) is 24.3. The predicted octanol–water partition coefficient (Wildman–Crippen LogP) is 6.16. The SMILES string of the molecule is CSNc1ncc2c(n1)CN(c1ccc(C(C)(C)c3cc(Cl)c(OCCCl)c(C#N)c3)cc1)C2. The molecule has 0 atom stereocenters. The number of nitrogens with zero attached hydrogens (tertiary/aromatic N) is 4. The molecule has 176 valence electrons. The molecule has 0 radical (unpaired) electrons. The zero-order valence-corrected chi connectivity index (χ0v) is 21.6. The fourth-order valence-corrected chi connectivity index (χ4v) is 4.69. The van der Waals surface area contributed by atoms with Crippen molar-refractivity contribution in [2.75, 3.05) is 28.4 Å². The van der Waals surface area contributed by atoms with Gasteiger partial charge in [0.2, 0.25) is 5.95 Å². The molecule has 0 amide bonds. The number of anilines is 2. The molecule has 0 saturated carbocycles. The maximum Gasteiger partial charge on any atom is 0.233 e. The summed E-state index contributed by atoms with van der Waals surface area (Å²) in [5.74, 6) is 1.35. The van der Waals surface area contributed by atoms with Crippen LogP contribution in [0.15, 0.2) is 42.6 Å². The van der Waals surface area contributed by atoms with E-state index in [4.69, 9.17) is 27.9 Å². The van der Waals surface area contributed by atoms with E-state index in [2.05, 4.69) is 63.8 Å². The van der Waals surface area contributed by atoms with E-state index < -0.39 is 0 Å². The lowest BCUT2D eigenvalue weighted by molar-refractivity contribution is 0.341. The number of fused-ring (bicyclic) bond motifs is 1. The van der Waals surface area contributed by atoms with E-state index in [0.717, 1.165) is 41.2 Å². The van der Waals surface area contributed by atoms with Crippen LogP contribution in [0.5, 0.6) is 5.75 Å². The van der Waals surface area contributed by atoms with Gasteiger partial charge < -0.3 is 9.64 Å². The Morgan fingerprint density at radius 2 is 1.97 bits per heavy atom. The Balaban J connectivity index is 1.55. The normalized spacial score (nSPS) is 12.9. The molecule has 0 aliphatic carbocycles. The third-order valence-corrected chi connectivity index (χ3v) is 6.83. The first-order valence-electron chi connectivity index (χ1n) is 10.8. The summed E-state index contributed by atoms with van der Waals surface area (Å²) in [6.07, 6.45) is 3.85. The van der Waals surface area contributed by atoms with E-state index in [1.165, 1.54) is 11.9 Å². The lowest BCUT2D eigenvalue weighted by Gasteiger charge is -2.28. The van der Waals surface area contributed by atoms with Gasteiger partial charge in [-0.1, -0.05) is 49.5 Å². The maximum absolute atomic E-state index is 9.64. The molecule has 0 unspecified atom stereocenters. The van der Waals surface area contributed by atoms with Crippen molar-refractivity contribution in [2.24, 2.45) is 0 Å². The first-order valence-corrected chi connectivity index (χ1v) is 12.9. The van der Waals surface area contributed by atoms with Crippen LogP contribution in [0.25, 0.3) is 0 Å². The van der Waals surface area contributed by atoms with Crippen LogP contribution in [0.4, 0.5) is 11.6 Å². The Morgan fingerprint density at radius 1 is 1.21 bits per heavy atom. The molecule has 2 aromatic carbocycles. The molecule has 2 heterocycles. The fourth-order valence-electron chi connectivity index (χ4n) is 4.06. The van der Waals surface area contributed by atoms with Crippen molar-refractivity contribution >= 4 is 46.8 Å². The van der Waals surface area contributed by atoms with Gasteiger partial charge in [0.05, 0.1) is 28.7 Å². The molecular formula is C25H25Cl2N5OS. The van der Waals surface area contributed by atoms with Gasteiger partial charge in [-0.3, -0.25) is 4.72 Å². The van der Waals surface area contributed by atoms with Crippen molar-refractivity contribution in [3.05, 3.63) is 75.6 Å². The van der Waals surface area contributed by atoms with E-state index in [0.29, 0.717) is 34.8 Å². The van der Waals surface area contributed by atoms with E-state index in [1.54, 1.807) is 0 Å². The summed E-state index contributed by atoms with van der Waals surface area (Å²) in [5.41, 5.74) is 5.42. The van der Waals surface area contributed by atoms with Crippen molar-refractivity contribution in [1.82, 2.24) is 9.97 Å². The summed E-state index contributed by atoms with van der Waals surface area (Å²) in [7, 11) is 0. The molecule has 6 nitrogen and oxygen atoms in total. The van der Waals surface area contributed by atoms with Gasteiger partial charge in [0.25, 0.3) is 0 Å². The van der Waals surface area contributed by atoms with Crippen LogP contribution < -0.4 is 14.4 Å². The summed E-state index contributed by atoms with van der Waals surface area (Å²) in [6.45, 7) is 6.06. The highest BCUT2D eigenvalue weighted by atomic mass is 35.5. The smallest absolute Gasteiger partial charge is 0.233 e. The highest BCUT2D eigenvalue weighted by molar-refractivity contribution is 7.99. The number of aromatic nitrogens is 2. The van der Waals surface area contributed by atoms with Gasteiger partial charge in [-0.15, -0.1) is 11.6 Å². The second kappa shape index (κ2) is 10.3. The molecule has 1 N–H and O–H groups in total. The quantitative estimate of drug-likeness (QED) is 0.285.